The van der Waals surface area contributed by atoms with Gasteiger partial charge in [0, 0.05) is 16.5 Å². The maximum atomic E-state index is 7.50. The van der Waals surface area contributed by atoms with Crippen molar-refractivity contribution in [2.45, 2.75) is 0 Å². The molecule has 1 N–H and O–H groups in total. The Morgan fingerprint density at radius 2 is 1.25 bits per heavy atom. The summed E-state index contributed by atoms with van der Waals surface area (Å²) < 4.78 is 0. The summed E-state index contributed by atoms with van der Waals surface area (Å²) in [6, 6.07) is 0. The van der Waals surface area contributed by atoms with Crippen molar-refractivity contribution in [1.29, 1.82) is 5.59 Å². The molecule has 0 heterocycles. The van der Waals surface area contributed by atoms with Crippen LogP contribution in [0.4, 0.5) is 0 Å². The van der Waals surface area contributed by atoms with E-state index in [9.17, 15) is 0 Å². The van der Waals surface area contributed by atoms with Crippen LogP contribution in [-0.2, 0) is 16.5 Å². The second-order valence-corrected chi connectivity index (χ2v) is 0. The van der Waals surface area contributed by atoms with Crippen molar-refractivity contribution >= 4 is 17.4 Å². The third kappa shape index (κ3) is 17.7. The van der Waals surface area contributed by atoms with E-state index < -0.39 is 0 Å². The van der Waals surface area contributed by atoms with Crippen molar-refractivity contribution in [2.75, 3.05) is 0 Å². The molecule has 0 aromatic heterocycles. The first-order valence-corrected chi connectivity index (χ1v) is 0.204. The molecule has 0 aliphatic heterocycles. The van der Waals surface area contributed by atoms with Crippen LogP contribution >= 0.6 is 0 Å². The summed E-state index contributed by atoms with van der Waals surface area (Å²) in [5, 5.41) is 0. The summed E-state index contributed by atoms with van der Waals surface area (Å²) in [6.07, 6.45) is 0. The quantitative estimate of drug-likeness (QED) is 0.328. The molecule has 0 aliphatic carbocycles. The summed E-state index contributed by atoms with van der Waals surface area (Å²) >= 11 is 0. The Kier molecular flexibility index (Phi) is 367. The van der Waals surface area contributed by atoms with Crippen molar-refractivity contribution in [2.24, 2.45) is 0 Å². The number of hydrogen-bond donors (Lipinski definition) is 1. The molecule has 0 atom stereocenters. The van der Waals surface area contributed by atoms with Crippen LogP contribution in [-0.4, -0.2) is 17.4 Å². The van der Waals surface area contributed by atoms with Crippen LogP contribution in [0.5, 0.6) is 0 Å². The molecular weight excluding hydrogens is 116 g/mol. The zero-order valence-corrected chi connectivity index (χ0v) is 2.21. The Morgan fingerprint density at radius 1 is 1.25 bits per heavy atom. The van der Waals surface area contributed by atoms with Gasteiger partial charge in [0.15, 0.2) is 17.4 Å². The average Bonchev–Trinajstić information content (AvgIpc) is 1.00. The van der Waals surface area contributed by atoms with Gasteiger partial charge in [0.2, 0.25) is 0 Å². The molecule has 4 heavy (non-hydrogen) atoms. The molecule has 0 fully saturated rings. The molecular formula is H4AlNNiO. The van der Waals surface area contributed by atoms with Gasteiger partial charge in [0.25, 0.3) is 0 Å². The number of rotatable bonds is 0. The zero-order chi connectivity index (χ0) is 2.00. The van der Waals surface area contributed by atoms with E-state index in [1.54, 1.807) is 0 Å². The topological polar surface area (TPSA) is 40.9 Å². The van der Waals surface area contributed by atoms with Crippen LogP contribution in [0.15, 0.2) is 0 Å². The number of nitroso groups, excluding NO2 is 1. The number of hydrogen-bond acceptors (Lipinski definition) is 2. The predicted octanol–water partition coefficient (Wildman–Crippen LogP) is -0.855. The van der Waals surface area contributed by atoms with E-state index in [1.807, 2.05) is 0 Å². The fraction of sp³-hybridized carbons (Fsp3) is 0. The predicted molar refractivity (Wildman–Crippen MR) is 16.0 cm³/mol. The van der Waals surface area contributed by atoms with Crippen LogP contribution in [0.3, 0.4) is 0 Å². The maximum absolute atomic E-state index is 7.50. The Balaban J connectivity index is -0.00000000500. The normalized spacial score (nSPS) is 1.00. The third-order valence-electron chi connectivity index (χ3n) is 0. The number of nitrogens with one attached hydrogen (secondary N) is 1. The molecule has 4 heteroatoms. The molecule has 0 saturated carbocycles. The summed E-state index contributed by atoms with van der Waals surface area (Å²) in [5.74, 6) is 0. The van der Waals surface area contributed by atoms with Gasteiger partial charge in [0.05, 0.1) is 0 Å². The minimum atomic E-state index is 0. The molecule has 0 aliphatic rings. The minimum absolute atomic E-state index is 0. The van der Waals surface area contributed by atoms with E-state index in [4.69, 9.17) is 4.91 Å². The van der Waals surface area contributed by atoms with Gasteiger partial charge >= 0.3 is 0 Å². The van der Waals surface area contributed by atoms with Gasteiger partial charge in [-0.3, -0.25) is 0 Å². The third-order valence-corrected chi connectivity index (χ3v) is 0. The molecule has 0 spiro atoms. The van der Waals surface area contributed by atoms with Crippen LogP contribution in [0.1, 0.15) is 0 Å². The van der Waals surface area contributed by atoms with Gasteiger partial charge in [0.1, 0.15) is 0 Å². The van der Waals surface area contributed by atoms with Gasteiger partial charge in [-0.05, 0) is 0 Å². The standard InChI is InChI=1S/Al.HNO.Ni.3H/c;1-2;;;;/h;1H;;;;. The first-order valence-electron chi connectivity index (χ1n) is 0.204. The molecule has 0 aromatic rings. The summed E-state index contributed by atoms with van der Waals surface area (Å²) in [6.45, 7) is 0. The second-order valence-electron chi connectivity index (χ2n) is 0. The first-order chi connectivity index (χ1) is 1.00. The van der Waals surface area contributed by atoms with E-state index in [1.165, 1.54) is 0 Å². The van der Waals surface area contributed by atoms with Crippen LogP contribution in [0.25, 0.3) is 0 Å². The molecule has 2 nitrogen and oxygen atoms in total. The Bertz CT molecular complexity index is 8.00. The van der Waals surface area contributed by atoms with Gasteiger partial charge in [-0.25, -0.2) is 0 Å². The average molecular weight is 120 g/mol. The molecule has 0 rings (SSSR count). The minimum Gasteiger partial charge on any atom is -0.154 e. The van der Waals surface area contributed by atoms with E-state index in [-0.39, 0.29) is 33.9 Å². The molecule has 0 aromatic carbocycles. The Morgan fingerprint density at radius 3 is 1.25 bits per heavy atom. The van der Waals surface area contributed by atoms with E-state index in [0.717, 1.165) is 0 Å². The molecule has 28 valence electrons. The summed E-state index contributed by atoms with van der Waals surface area (Å²) in [5.41, 5.74) is 4.50. The molecule has 0 amide bonds. The summed E-state index contributed by atoms with van der Waals surface area (Å²) in [4.78, 5) is 7.50. The summed E-state index contributed by atoms with van der Waals surface area (Å²) in [7, 11) is 0. The molecule has 0 saturated heterocycles. The van der Waals surface area contributed by atoms with E-state index >= 15 is 0 Å². The van der Waals surface area contributed by atoms with Crippen molar-refractivity contribution in [1.82, 2.24) is 0 Å². The van der Waals surface area contributed by atoms with Gasteiger partial charge in [-0.15, -0.1) is 0 Å². The monoisotopic (exact) mass is 119 g/mol. The van der Waals surface area contributed by atoms with E-state index in [0.29, 0.717) is 0 Å². The van der Waals surface area contributed by atoms with Crippen molar-refractivity contribution < 1.29 is 16.5 Å². The SMILES string of the molecule is N=O.[AlH3].[Ni]. The van der Waals surface area contributed by atoms with Crippen molar-refractivity contribution in [3.05, 3.63) is 4.91 Å². The molecule has 0 radical (unpaired) electrons. The van der Waals surface area contributed by atoms with Crippen LogP contribution in [0, 0.1) is 10.5 Å². The van der Waals surface area contributed by atoms with Crippen LogP contribution < -0.4 is 0 Å². The zero-order valence-electron chi connectivity index (χ0n) is 1.22. The van der Waals surface area contributed by atoms with Gasteiger partial charge in [-0.2, -0.15) is 4.91 Å². The van der Waals surface area contributed by atoms with Gasteiger partial charge in [-0.1, -0.05) is 5.59 Å². The first kappa shape index (κ1) is 23.0. The molecule has 0 unspecified atom stereocenters. The van der Waals surface area contributed by atoms with Crippen LogP contribution in [0.2, 0.25) is 0 Å². The Hall–Kier alpha value is 0.626. The fourth-order valence-corrected chi connectivity index (χ4v) is 0. The van der Waals surface area contributed by atoms with Gasteiger partial charge < -0.3 is 0 Å². The van der Waals surface area contributed by atoms with Crippen molar-refractivity contribution in [3.63, 3.8) is 0 Å². The Labute approximate surface area is 44.8 Å². The smallest absolute Gasteiger partial charge is 0.154 e. The van der Waals surface area contributed by atoms with Crippen molar-refractivity contribution in [3.8, 4) is 0 Å². The molecule has 0 bridgehead atoms. The fourth-order valence-electron chi connectivity index (χ4n) is 0. The van der Waals surface area contributed by atoms with E-state index in [2.05, 4.69) is 5.59 Å². The second kappa shape index (κ2) is 63.8. The largest absolute Gasteiger partial charge is 0.187 e. The maximum Gasteiger partial charge on any atom is 0.187 e.